The summed E-state index contributed by atoms with van der Waals surface area (Å²) in [5, 5.41) is 0.203. The van der Waals surface area contributed by atoms with Crippen LogP contribution >= 0.6 is 11.6 Å². The number of pyridine rings is 1. The van der Waals surface area contributed by atoms with Gasteiger partial charge >= 0.3 is 6.18 Å². The number of methoxy groups -OCH3 is 1. The van der Waals surface area contributed by atoms with Crippen LogP contribution in [0.15, 0.2) is 36.4 Å². The Bertz CT molecular complexity index is 599. The molecule has 1 heterocycles. The summed E-state index contributed by atoms with van der Waals surface area (Å²) in [5.74, 6) is 0.311. The monoisotopic (exact) mass is 287 g/mol. The van der Waals surface area contributed by atoms with Crippen molar-refractivity contribution in [1.82, 2.24) is 4.98 Å². The van der Waals surface area contributed by atoms with Gasteiger partial charge in [-0.3, -0.25) is 0 Å². The lowest BCUT2D eigenvalue weighted by atomic mass is 10.1. The summed E-state index contributed by atoms with van der Waals surface area (Å²) in [5.41, 5.74) is -0.220. The van der Waals surface area contributed by atoms with E-state index in [4.69, 9.17) is 16.3 Å². The lowest BCUT2D eigenvalue weighted by Gasteiger charge is -2.10. The number of halogens is 4. The minimum Gasteiger partial charge on any atom is -0.481 e. The van der Waals surface area contributed by atoms with Crippen molar-refractivity contribution in [1.29, 1.82) is 0 Å². The molecule has 2 rings (SSSR count). The van der Waals surface area contributed by atoms with Gasteiger partial charge in [0.05, 0.1) is 18.4 Å². The molecule has 0 saturated heterocycles. The average molecular weight is 288 g/mol. The summed E-state index contributed by atoms with van der Waals surface area (Å²) in [6.45, 7) is 0. The van der Waals surface area contributed by atoms with Gasteiger partial charge in [0.2, 0.25) is 5.88 Å². The van der Waals surface area contributed by atoms with Gasteiger partial charge in [0.15, 0.2) is 0 Å². The van der Waals surface area contributed by atoms with Crippen LogP contribution in [0.2, 0.25) is 5.02 Å². The quantitative estimate of drug-likeness (QED) is 0.815. The Morgan fingerprint density at radius 3 is 2.53 bits per heavy atom. The maximum atomic E-state index is 12.7. The first-order valence-corrected chi connectivity index (χ1v) is 5.68. The van der Waals surface area contributed by atoms with Gasteiger partial charge in [-0.05, 0) is 24.3 Å². The number of aromatic nitrogens is 1. The Balaban J connectivity index is 2.54. The zero-order valence-electron chi connectivity index (χ0n) is 9.83. The second-order valence-corrected chi connectivity index (χ2v) is 4.16. The minimum absolute atomic E-state index is 0.203. The van der Waals surface area contributed by atoms with Crippen LogP contribution in [0.3, 0.4) is 0 Å². The molecule has 1 aromatic carbocycles. The van der Waals surface area contributed by atoms with E-state index in [-0.39, 0.29) is 10.6 Å². The van der Waals surface area contributed by atoms with Crippen LogP contribution in [-0.4, -0.2) is 12.1 Å². The van der Waals surface area contributed by atoms with E-state index in [1.54, 1.807) is 18.2 Å². The normalized spacial score (nSPS) is 11.4. The molecule has 19 heavy (non-hydrogen) atoms. The Hall–Kier alpha value is -1.75. The van der Waals surface area contributed by atoms with E-state index in [1.165, 1.54) is 13.2 Å². The first-order valence-electron chi connectivity index (χ1n) is 5.30. The smallest absolute Gasteiger partial charge is 0.416 e. The molecular formula is C13H9ClF3NO. The van der Waals surface area contributed by atoms with Crippen molar-refractivity contribution in [3.05, 3.63) is 47.0 Å². The van der Waals surface area contributed by atoms with E-state index < -0.39 is 11.7 Å². The van der Waals surface area contributed by atoms with Gasteiger partial charge in [-0.1, -0.05) is 17.7 Å². The first kappa shape index (κ1) is 13.7. The second kappa shape index (κ2) is 5.09. The first-order chi connectivity index (χ1) is 8.91. The summed E-state index contributed by atoms with van der Waals surface area (Å²) >= 11 is 5.93. The molecule has 6 heteroatoms. The SMILES string of the molecule is COc1cccc(-c2cc(C(F)(F)F)ccc2Cl)n1. The molecule has 0 atom stereocenters. The molecule has 2 nitrogen and oxygen atoms in total. The van der Waals surface area contributed by atoms with Crippen molar-refractivity contribution in [2.45, 2.75) is 6.18 Å². The number of hydrogen-bond donors (Lipinski definition) is 0. The molecular weight excluding hydrogens is 279 g/mol. The molecule has 0 aliphatic rings. The van der Waals surface area contributed by atoms with Gasteiger partial charge in [-0.15, -0.1) is 0 Å². The summed E-state index contributed by atoms with van der Waals surface area (Å²) in [6, 6.07) is 7.93. The third-order valence-electron chi connectivity index (χ3n) is 2.50. The van der Waals surface area contributed by atoms with Crippen LogP contribution in [0.5, 0.6) is 5.88 Å². The van der Waals surface area contributed by atoms with Crippen molar-refractivity contribution in [2.75, 3.05) is 7.11 Å². The number of rotatable bonds is 2. The van der Waals surface area contributed by atoms with E-state index in [2.05, 4.69) is 4.98 Å². The molecule has 0 fully saturated rings. The molecule has 0 spiro atoms. The van der Waals surface area contributed by atoms with Gasteiger partial charge in [0.1, 0.15) is 0 Å². The van der Waals surface area contributed by atoms with Crippen LogP contribution in [-0.2, 0) is 6.18 Å². The van der Waals surface area contributed by atoms with E-state index in [1.807, 2.05) is 0 Å². The molecule has 0 bridgehead atoms. The standard InChI is InChI=1S/C13H9ClF3NO/c1-19-12-4-2-3-11(18-12)9-7-8(13(15,16)17)5-6-10(9)14/h2-7H,1H3. The van der Waals surface area contributed by atoms with Gasteiger partial charge in [0, 0.05) is 16.7 Å². The van der Waals surface area contributed by atoms with Crippen LogP contribution < -0.4 is 4.74 Å². The highest BCUT2D eigenvalue weighted by Gasteiger charge is 2.31. The van der Waals surface area contributed by atoms with E-state index >= 15 is 0 Å². The zero-order chi connectivity index (χ0) is 14.0. The Labute approximate surface area is 112 Å². The molecule has 0 aliphatic heterocycles. The van der Waals surface area contributed by atoms with Crippen molar-refractivity contribution in [2.24, 2.45) is 0 Å². The third-order valence-corrected chi connectivity index (χ3v) is 2.83. The number of benzene rings is 1. The Morgan fingerprint density at radius 2 is 1.89 bits per heavy atom. The van der Waals surface area contributed by atoms with Crippen LogP contribution in [0, 0.1) is 0 Å². The fraction of sp³-hybridized carbons (Fsp3) is 0.154. The summed E-state index contributed by atoms with van der Waals surface area (Å²) in [4.78, 5) is 4.07. The molecule has 0 aliphatic carbocycles. The molecule has 2 aromatic rings. The lowest BCUT2D eigenvalue weighted by molar-refractivity contribution is -0.137. The minimum atomic E-state index is -4.42. The second-order valence-electron chi connectivity index (χ2n) is 3.76. The van der Waals surface area contributed by atoms with Crippen molar-refractivity contribution in [3.63, 3.8) is 0 Å². The van der Waals surface area contributed by atoms with E-state index in [9.17, 15) is 13.2 Å². The van der Waals surface area contributed by atoms with Gasteiger partial charge in [-0.25, -0.2) is 4.98 Å². The molecule has 1 aromatic heterocycles. The van der Waals surface area contributed by atoms with Crippen molar-refractivity contribution in [3.8, 4) is 17.1 Å². The molecule has 0 saturated carbocycles. The van der Waals surface area contributed by atoms with Gasteiger partial charge < -0.3 is 4.74 Å². The van der Waals surface area contributed by atoms with Crippen molar-refractivity contribution < 1.29 is 17.9 Å². The average Bonchev–Trinajstić information content (AvgIpc) is 2.38. The van der Waals surface area contributed by atoms with Crippen LogP contribution in [0.1, 0.15) is 5.56 Å². The number of hydrogen-bond acceptors (Lipinski definition) is 2. The fourth-order valence-corrected chi connectivity index (χ4v) is 1.79. The van der Waals surface area contributed by atoms with Crippen molar-refractivity contribution >= 4 is 11.6 Å². The largest absolute Gasteiger partial charge is 0.481 e. The predicted molar refractivity (Wildman–Crippen MR) is 66.2 cm³/mol. The Morgan fingerprint density at radius 1 is 1.16 bits per heavy atom. The number of ether oxygens (including phenoxy) is 1. The predicted octanol–water partition coefficient (Wildman–Crippen LogP) is 4.43. The molecule has 0 N–H and O–H groups in total. The molecule has 0 radical (unpaired) electrons. The summed E-state index contributed by atoms with van der Waals surface area (Å²) < 4.78 is 43.0. The van der Waals surface area contributed by atoms with E-state index in [0.717, 1.165) is 12.1 Å². The zero-order valence-corrected chi connectivity index (χ0v) is 10.6. The Kier molecular flexibility index (Phi) is 3.66. The third kappa shape index (κ3) is 2.98. The van der Waals surface area contributed by atoms with Gasteiger partial charge in [-0.2, -0.15) is 13.2 Å². The molecule has 0 unspecified atom stereocenters. The summed E-state index contributed by atoms with van der Waals surface area (Å²) in [6.07, 6.45) is -4.42. The molecule has 100 valence electrons. The summed E-state index contributed by atoms with van der Waals surface area (Å²) in [7, 11) is 1.43. The maximum absolute atomic E-state index is 12.7. The lowest BCUT2D eigenvalue weighted by Crippen LogP contribution is -2.05. The highest BCUT2D eigenvalue weighted by molar-refractivity contribution is 6.33. The number of alkyl halides is 3. The highest BCUT2D eigenvalue weighted by Crippen LogP contribution is 2.35. The van der Waals surface area contributed by atoms with Gasteiger partial charge in [0.25, 0.3) is 0 Å². The fourth-order valence-electron chi connectivity index (χ4n) is 1.58. The molecule has 0 amide bonds. The maximum Gasteiger partial charge on any atom is 0.416 e. The topological polar surface area (TPSA) is 22.1 Å². The van der Waals surface area contributed by atoms with Crippen LogP contribution in [0.25, 0.3) is 11.3 Å². The van der Waals surface area contributed by atoms with E-state index in [0.29, 0.717) is 11.6 Å². The number of nitrogens with zero attached hydrogens (tertiary/aromatic N) is 1. The highest BCUT2D eigenvalue weighted by atomic mass is 35.5. The van der Waals surface area contributed by atoms with Crippen LogP contribution in [0.4, 0.5) is 13.2 Å².